The molecule has 0 fully saturated rings. The molecule has 0 saturated heterocycles. The van der Waals surface area contributed by atoms with Crippen molar-refractivity contribution in [3.05, 3.63) is 82.9 Å². The Balaban J connectivity index is 1.77. The summed E-state index contributed by atoms with van der Waals surface area (Å²) in [7, 11) is 0. The summed E-state index contributed by atoms with van der Waals surface area (Å²) in [5.41, 5.74) is 2.24. The third kappa shape index (κ3) is 4.00. The van der Waals surface area contributed by atoms with Crippen LogP contribution in [0, 0.1) is 0 Å². The van der Waals surface area contributed by atoms with Gasteiger partial charge in [0, 0.05) is 25.5 Å². The van der Waals surface area contributed by atoms with Gasteiger partial charge >= 0.3 is 0 Å². The van der Waals surface area contributed by atoms with Crippen LogP contribution in [0.3, 0.4) is 0 Å². The van der Waals surface area contributed by atoms with E-state index in [0.717, 1.165) is 16.6 Å². The third-order valence-electron chi connectivity index (χ3n) is 3.75. The van der Waals surface area contributed by atoms with Gasteiger partial charge in [0.15, 0.2) is 0 Å². The Labute approximate surface area is 143 Å². The average molecular weight is 372 g/mol. The first kappa shape index (κ1) is 15.8. The number of imidazole rings is 1. The molecule has 2 aromatic carbocycles. The molecule has 3 rings (SSSR count). The molecule has 0 aliphatic carbocycles. The zero-order valence-electron chi connectivity index (χ0n) is 12.6. The van der Waals surface area contributed by atoms with E-state index in [0.29, 0.717) is 6.54 Å². The number of hydrogen-bond acceptors (Lipinski definition) is 3. The quantitative estimate of drug-likeness (QED) is 0.691. The van der Waals surface area contributed by atoms with Crippen molar-refractivity contribution in [2.24, 2.45) is 0 Å². The number of nitrogens with zero attached hydrogens (tertiary/aromatic N) is 2. The lowest BCUT2D eigenvalue weighted by Gasteiger charge is -2.20. The molecule has 3 aromatic rings. The lowest BCUT2D eigenvalue weighted by atomic mass is 10.1. The van der Waals surface area contributed by atoms with Crippen molar-refractivity contribution in [1.29, 1.82) is 0 Å². The van der Waals surface area contributed by atoms with E-state index in [2.05, 4.69) is 42.9 Å². The van der Waals surface area contributed by atoms with Gasteiger partial charge in [-0.25, -0.2) is 4.98 Å². The Bertz CT molecular complexity index is 744. The highest BCUT2D eigenvalue weighted by molar-refractivity contribution is 9.10. The van der Waals surface area contributed by atoms with E-state index >= 15 is 0 Å². The zero-order valence-corrected chi connectivity index (χ0v) is 14.1. The van der Waals surface area contributed by atoms with Gasteiger partial charge in [0.1, 0.15) is 5.75 Å². The zero-order chi connectivity index (χ0) is 16.1. The number of phenols is 1. The first-order chi connectivity index (χ1) is 11.2. The number of rotatable bonds is 6. The topological polar surface area (TPSA) is 50.1 Å². The van der Waals surface area contributed by atoms with Gasteiger partial charge in [-0.05, 0) is 33.1 Å². The van der Waals surface area contributed by atoms with Gasteiger partial charge in [0.05, 0.1) is 16.8 Å². The summed E-state index contributed by atoms with van der Waals surface area (Å²) in [5, 5.41) is 13.4. The smallest absolute Gasteiger partial charge is 0.130 e. The van der Waals surface area contributed by atoms with E-state index in [1.54, 1.807) is 12.3 Å². The minimum atomic E-state index is 0.152. The van der Waals surface area contributed by atoms with Crippen LogP contribution in [0.2, 0.25) is 0 Å². The van der Waals surface area contributed by atoms with Gasteiger partial charge in [-0.2, -0.15) is 0 Å². The fraction of sp³-hybridized carbons (Fsp3) is 0.167. The van der Waals surface area contributed by atoms with Crippen LogP contribution in [0.25, 0.3) is 0 Å². The van der Waals surface area contributed by atoms with E-state index in [9.17, 15) is 5.11 Å². The van der Waals surface area contributed by atoms with Crippen molar-refractivity contribution in [2.75, 3.05) is 0 Å². The second-order valence-electron chi connectivity index (χ2n) is 5.35. The van der Waals surface area contributed by atoms with Crippen LogP contribution in [0.15, 0.2) is 71.7 Å². The van der Waals surface area contributed by atoms with Crippen LogP contribution in [0.1, 0.15) is 17.2 Å². The number of aromatic hydroxyl groups is 1. The first-order valence-corrected chi connectivity index (χ1v) is 8.24. The molecule has 0 aliphatic rings. The Hall–Kier alpha value is -2.11. The maximum absolute atomic E-state index is 9.80. The molecule has 23 heavy (non-hydrogen) atoms. The number of halogens is 1. The second kappa shape index (κ2) is 7.44. The normalized spacial score (nSPS) is 12.2. The SMILES string of the molecule is Oc1cccc(CNC(Cn2ccnc2)c2ccccc2)c1Br. The van der Waals surface area contributed by atoms with E-state index < -0.39 is 0 Å². The summed E-state index contributed by atoms with van der Waals surface area (Å²) in [6.45, 7) is 1.45. The number of hydrogen-bond donors (Lipinski definition) is 2. The number of phenolic OH excluding ortho intramolecular Hbond substituents is 1. The van der Waals surface area contributed by atoms with E-state index in [1.807, 2.05) is 42.9 Å². The van der Waals surface area contributed by atoms with Gasteiger partial charge in [-0.3, -0.25) is 0 Å². The lowest BCUT2D eigenvalue weighted by Crippen LogP contribution is -2.25. The lowest BCUT2D eigenvalue weighted by molar-refractivity contribution is 0.455. The fourth-order valence-electron chi connectivity index (χ4n) is 2.51. The molecule has 0 aliphatic heterocycles. The van der Waals surface area contributed by atoms with Gasteiger partial charge in [0.25, 0.3) is 0 Å². The van der Waals surface area contributed by atoms with Crippen LogP contribution in [-0.4, -0.2) is 14.7 Å². The predicted molar refractivity (Wildman–Crippen MR) is 94.1 cm³/mol. The van der Waals surface area contributed by atoms with Crippen molar-refractivity contribution >= 4 is 15.9 Å². The maximum atomic E-state index is 9.80. The maximum Gasteiger partial charge on any atom is 0.130 e. The molecule has 1 unspecified atom stereocenters. The van der Waals surface area contributed by atoms with Crippen molar-refractivity contribution in [3.8, 4) is 5.75 Å². The highest BCUT2D eigenvalue weighted by Crippen LogP contribution is 2.27. The summed E-state index contributed by atoms with van der Waals surface area (Å²) in [5.74, 6) is 0.259. The Morgan fingerprint density at radius 1 is 1.13 bits per heavy atom. The molecular formula is C18H18BrN3O. The summed E-state index contributed by atoms with van der Waals surface area (Å²) in [6.07, 6.45) is 5.57. The van der Waals surface area contributed by atoms with Gasteiger partial charge < -0.3 is 15.0 Å². The van der Waals surface area contributed by atoms with E-state index in [4.69, 9.17) is 0 Å². The van der Waals surface area contributed by atoms with E-state index in [1.165, 1.54) is 5.56 Å². The molecule has 0 amide bonds. The monoisotopic (exact) mass is 371 g/mol. The predicted octanol–water partition coefficient (Wildman–Crippen LogP) is 3.88. The van der Waals surface area contributed by atoms with Crippen molar-refractivity contribution in [3.63, 3.8) is 0 Å². The Morgan fingerprint density at radius 2 is 1.96 bits per heavy atom. The third-order valence-corrected chi connectivity index (χ3v) is 4.67. The molecule has 0 spiro atoms. The molecule has 118 valence electrons. The molecule has 0 saturated carbocycles. The molecule has 4 nitrogen and oxygen atoms in total. The van der Waals surface area contributed by atoms with Crippen LogP contribution >= 0.6 is 15.9 Å². The van der Waals surface area contributed by atoms with Crippen LogP contribution in [-0.2, 0) is 13.1 Å². The highest BCUT2D eigenvalue weighted by atomic mass is 79.9. The summed E-state index contributed by atoms with van der Waals surface area (Å²) in [4.78, 5) is 4.11. The van der Waals surface area contributed by atoms with Crippen molar-refractivity contribution in [2.45, 2.75) is 19.1 Å². The number of benzene rings is 2. The van der Waals surface area contributed by atoms with Crippen LogP contribution < -0.4 is 5.32 Å². The van der Waals surface area contributed by atoms with E-state index in [-0.39, 0.29) is 11.8 Å². The number of aromatic nitrogens is 2. The molecule has 2 N–H and O–H groups in total. The van der Waals surface area contributed by atoms with Gasteiger partial charge in [0.2, 0.25) is 0 Å². The molecule has 1 heterocycles. The Morgan fingerprint density at radius 3 is 2.70 bits per heavy atom. The van der Waals surface area contributed by atoms with Gasteiger partial charge in [-0.15, -0.1) is 0 Å². The van der Waals surface area contributed by atoms with Gasteiger partial charge in [-0.1, -0.05) is 42.5 Å². The molecule has 5 heteroatoms. The average Bonchev–Trinajstić information content (AvgIpc) is 3.09. The molecule has 1 atom stereocenters. The summed E-state index contributed by atoms with van der Waals surface area (Å²) in [6, 6.07) is 16.0. The largest absolute Gasteiger partial charge is 0.507 e. The summed E-state index contributed by atoms with van der Waals surface area (Å²) < 4.78 is 2.80. The first-order valence-electron chi connectivity index (χ1n) is 7.44. The summed E-state index contributed by atoms with van der Waals surface area (Å²) >= 11 is 3.44. The minimum absolute atomic E-state index is 0.152. The number of nitrogens with one attached hydrogen (secondary N) is 1. The van der Waals surface area contributed by atoms with Crippen LogP contribution in [0.5, 0.6) is 5.75 Å². The minimum Gasteiger partial charge on any atom is -0.507 e. The molecule has 0 bridgehead atoms. The Kier molecular flexibility index (Phi) is 5.10. The van der Waals surface area contributed by atoms with Crippen molar-refractivity contribution < 1.29 is 5.11 Å². The molecular weight excluding hydrogens is 354 g/mol. The standard InChI is InChI=1S/C18H18BrN3O/c19-18-15(7-4-8-17(18)23)11-21-16(12-22-10-9-20-13-22)14-5-2-1-3-6-14/h1-10,13,16,21,23H,11-12H2. The molecule has 1 aromatic heterocycles. The highest BCUT2D eigenvalue weighted by Gasteiger charge is 2.13. The van der Waals surface area contributed by atoms with Crippen LogP contribution in [0.4, 0.5) is 0 Å². The second-order valence-corrected chi connectivity index (χ2v) is 6.15. The van der Waals surface area contributed by atoms with Crippen molar-refractivity contribution in [1.82, 2.24) is 14.9 Å². The molecule has 0 radical (unpaired) electrons. The fourth-order valence-corrected chi connectivity index (χ4v) is 2.92.